The summed E-state index contributed by atoms with van der Waals surface area (Å²) in [6.45, 7) is 13.2. The second-order valence-electron chi connectivity index (χ2n) is 10.6. The van der Waals surface area contributed by atoms with Gasteiger partial charge in [-0.1, -0.05) is 90.7 Å². The fraction of sp³-hybridized carbons (Fsp3) is 0.667. The van der Waals surface area contributed by atoms with Gasteiger partial charge in [-0.25, -0.2) is 9.59 Å². The van der Waals surface area contributed by atoms with Crippen LogP contribution in [0.1, 0.15) is 85.0 Å². The highest BCUT2D eigenvalue weighted by molar-refractivity contribution is 5.94. The van der Waals surface area contributed by atoms with Gasteiger partial charge >= 0.3 is 12.1 Å². The third-order valence-electron chi connectivity index (χ3n) is 7.40. The Hall–Kier alpha value is -2.50. The number of amides is 4. The van der Waals surface area contributed by atoms with Crippen LogP contribution >= 0.6 is 0 Å². The average molecular weight is 499 g/mol. The molecule has 1 aliphatic rings. The normalized spacial score (nSPS) is 17.2. The smallest absolute Gasteiger partial charge is 0.324 e. The maximum absolute atomic E-state index is 13.2. The molecule has 202 valence electrons. The Labute approximate surface area is 220 Å². The summed E-state index contributed by atoms with van der Waals surface area (Å²) >= 11 is 0. The first-order chi connectivity index (χ1) is 17.4. The number of nitrogens with zero attached hydrogens (tertiary/aromatic N) is 3. The molecule has 2 unspecified atom stereocenters. The van der Waals surface area contributed by atoms with Crippen LogP contribution in [0.5, 0.6) is 0 Å². The van der Waals surface area contributed by atoms with Crippen molar-refractivity contribution >= 4 is 23.4 Å². The van der Waals surface area contributed by atoms with Crippen molar-refractivity contribution in [2.24, 2.45) is 11.8 Å². The van der Waals surface area contributed by atoms with Crippen LogP contribution in [0.15, 0.2) is 36.9 Å². The molecular weight excluding hydrogens is 448 g/mol. The van der Waals surface area contributed by atoms with Crippen LogP contribution in [-0.2, 0) is 0 Å². The third kappa shape index (κ3) is 9.87. The molecule has 1 saturated heterocycles. The maximum atomic E-state index is 13.2. The van der Waals surface area contributed by atoms with Gasteiger partial charge in [0.25, 0.3) is 0 Å². The molecule has 0 saturated carbocycles. The molecule has 0 bridgehead atoms. The van der Waals surface area contributed by atoms with Gasteiger partial charge in [0.05, 0.1) is 0 Å². The number of rotatable bonds is 15. The third-order valence-corrected chi connectivity index (χ3v) is 7.40. The van der Waals surface area contributed by atoms with E-state index < -0.39 is 0 Å². The van der Waals surface area contributed by atoms with E-state index >= 15 is 0 Å². The summed E-state index contributed by atoms with van der Waals surface area (Å²) in [5, 5.41) is 3.01. The zero-order chi connectivity index (χ0) is 26.3. The van der Waals surface area contributed by atoms with Crippen molar-refractivity contribution in [3.05, 3.63) is 36.9 Å². The molecule has 36 heavy (non-hydrogen) atoms. The Morgan fingerprint density at radius 2 is 1.58 bits per heavy atom. The highest BCUT2D eigenvalue weighted by Gasteiger charge is 2.29. The molecule has 0 radical (unpaired) electrons. The summed E-state index contributed by atoms with van der Waals surface area (Å²) < 4.78 is 0. The topological polar surface area (TPSA) is 55.9 Å². The second-order valence-corrected chi connectivity index (χ2v) is 10.6. The number of urea groups is 2. The van der Waals surface area contributed by atoms with E-state index in [1.165, 1.54) is 51.4 Å². The lowest BCUT2D eigenvalue weighted by Gasteiger charge is -2.28. The number of likely N-dealkylation sites (tertiary alicyclic amines) is 1. The van der Waals surface area contributed by atoms with Crippen LogP contribution in [-0.4, -0.2) is 55.1 Å². The summed E-state index contributed by atoms with van der Waals surface area (Å²) in [4.78, 5) is 31.4. The highest BCUT2D eigenvalue weighted by atomic mass is 16.2. The number of hydrogen-bond donors (Lipinski definition) is 1. The number of nitrogens with one attached hydrogen (secondary N) is 1. The first kappa shape index (κ1) is 29.7. The quantitative estimate of drug-likeness (QED) is 0.198. The average Bonchev–Trinajstić information content (AvgIpc) is 3.21. The Bertz CT molecular complexity index is 802. The molecule has 1 aromatic carbocycles. The van der Waals surface area contributed by atoms with Crippen molar-refractivity contribution < 1.29 is 9.59 Å². The SMILES string of the molecule is C=CCN(C(=O)N(C)CCCCCCCCCCCC)c1cccc(NC(=O)N2CC(C)C(C)C2)c1. The van der Waals surface area contributed by atoms with Crippen LogP contribution < -0.4 is 10.2 Å². The molecule has 6 heteroatoms. The number of anilines is 2. The summed E-state index contributed by atoms with van der Waals surface area (Å²) in [6, 6.07) is 7.40. The molecular formula is C30H50N4O2. The van der Waals surface area contributed by atoms with Gasteiger partial charge in [0.15, 0.2) is 0 Å². The molecule has 0 spiro atoms. The zero-order valence-corrected chi connectivity index (χ0v) is 23.3. The van der Waals surface area contributed by atoms with E-state index in [4.69, 9.17) is 0 Å². The van der Waals surface area contributed by atoms with Crippen LogP contribution in [0, 0.1) is 11.8 Å². The molecule has 2 atom stereocenters. The minimum Gasteiger partial charge on any atom is -0.327 e. The molecule has 0 aromatic heterocycles. The molecule has 1 fully saturated rings. The van der Waals surface area contributed by atoms with Gasteiger partial charge in [-0.15, -0.1) is 6.58 Å². The summed E-state index contributed by atoms with van der Waals surface area (Å²) in [7, 11) is 1.87. The van der Waals surface area contributed by atoms with Crippen LogP contribution in [0.4, 0.5) is 21.0 Å². The molecule has 1 aliphatic heterocycles. The Morgan fingerprint density at radius 3 is 2.17 bits per heavy atom. The van der Waals surface area contributed by atoms with E-state index in [-0.39, 0.29) is 12.1 Å². The lowest BCUT2D eigenvalue weighted by Crippen LogP contribution is -2.42. The van der Waals surface area contributed by atoms with Gasteiger partial charge in [0, 0.05) is 44.6 Å². The minimum absolute atomic E-state index is 0.0449. The molecule has 4 amide bonds. The lowest BCUT2D eigenvalue weighted by molar-refractivity contribution is 0.215. The number of unbranched alkanes of at least 4 members (excludes halogenated alkanes) is 9. The van der Waals surface area contributed by atoms with E-state index in [0.29, 0.717) is 24.1 Å². The van der Waals surface area contributed by atoms with Gasteiger partial charge in [-0.2, -0.15) is 0 Å². The largest absolute Gasteiger partial charge is 0.327 e. The second kappa shape index (κ2) is 16.3. The monoisotopic (exact) mass is 498 g/mol. The van der Waals surface area contributed by atoms with E-state index in [2.05, 4.69) is 32.7 Å². The number of carbonyl (C=O) groups is 2. The molecule has 0 aliphatic carbocycles. The lowest BCUT2D eigenvalue weighted by atomic mass is 10.0. The molecule has 6 nitrogen and oxygen atoms in total. The van der Waals surface area contributed by atoms with E-state index in [1.807, 2.05) is 36.2 Å². The molecule has 1 N–H and O–H groups in total. The van der Waals surface area contributed by atoms with Gasteiger partial charge in [-0.05, 0) is 36.5 Å². The Balaban J connectivity index is 1.82. The van der Waals surface area contributed by atoms with E-state index in [0.717, 1.165) is 38.2 Å². The van der Waals surface area contributed by atoms with Crippen LogP contribution in [0.3, 0.4) is 0 Å². The van der Waals surface area contributed by atoms with Crippen LogP contribution in [0.25, 0.3) is 0 Å². The molecule has 1 heterocycles. The van der Waals surface area contributed by atoms with E-state index in [9.17, 15) is 9.59 Å². The number of benzene rings is 1. The van der Waals surface area contributed by atoms with Gasteiger partial charge in [0.2, 0.25) is 0 Å². The fourth-order valence-corrected chi connectivity index (χ4v) is 4.81. The first-order valence-corrected chi connectivity index (χ1v) is 14.2. The van der Waals surface area contributed by atoms with Crippen molar-refractivity contribution in [1.29, 1.82) is 0 Å². The Kier molecular flexibility index (Phi) is 13.4. The van der Waals surface area contributed by atoms with Crippen LogP contribution in [0.2, 0.25) is 0 Å². The van der Waals surface area contributed by atoms with Gasteiger partial charge < -0.3 is 15.1 Å². The molecule has 1 aromatic rings. The van der Waals surface area contributed by atoms with Crippen molar-refractivity contribution in [3.63, 3.8) is 0 Å². The maximum Gasteiger partial charge on any atom is 0.324 e. The van der Waals surface area contributed by atoms with Crippen molar-refractivity contribution in [1.82, 2.24) is 9.80 Å². The van der Waals surface area contributed by atoms with Crippen molar-refractivity contribution in [2.75, 3.05) is 43.4 Å². The summed E-state index contributed by atoms with van der Waals surface area (Å²) in [6.07, 6.45) is 14.5. The predicted molar refractivity (Wildman–Crippen MR) is 153 cm³/mol. The number of hydrogen-bond acceptors (Lipinski definition) is 2. The number of carbonyl (C=O) groups excluding carboxylic acids is 2. The standard InChI is InChI=1S/C30H50N4O2/c1-6-8-9-10-11-12-13-14-15-16-21-32(5)30(36)34(20-7-2)28-19-17-18-27(22-28)31-29(35)33-23-25(3)26(4)24-33/h7,17-19,22,25-26H,2,6,8-16,20-21,23-24H2,1,3-5H3,(H,31,35). The van der Waals surface area contributed by atoms with Gasteiger partial charge in [0.1, 0.15) is 0 Å². The first-order valence-electron chi connectivity index (χ1n) is 14.2. The predicted octanol–water partition coefficient (Wildman–Crippen LogP) is 7.77. The molecule has 2 rings (SSSR count). The van der Waals surface area contributed by atoms with E-state index in [1.54, 1.807) is 15.9 Å². The summed E-state index contributed by atoms with van der Waals surface area (Å²) in [5.41, 5.74) is 1.46. The fourth-order valence-electron chi connectivity index (χ4n) is 4.81. The van der Waals surface area contributed by atoms with Crippen molar-refractivity contribution in [3.8, 4) is 0 Å². The minimum atomic E-state index is -0.0805. The van der Waals surface area contributed by atoms with Gasteiger partial charge in [-0.3, -0.25) is 4.90 Å². The summed E-state index contributed by atoms with van der Waals surface area (Å²) in [5.74, 6) is 1.02. The Morgan fingerprint density at radius 1 is 1.00 bits per heavy atom. The zero-order valence-electron chi connectivity index (χ0n) is 23.3. The van der Waals surface area contributed by atoms with Crippen molar-refractivity contribution in [2.45, 2.75) is 85.0 Å². The highest BCUT2D eigenvalue weighted by Crippen LogP contribution is 2.25.